The summed E-state index contributed by atoms with van der Waals surface area (Å²) in [6.07, 6.45) is 0. The number of benzene rings is 2. The normalized spacial score (nSPS) is 9.86. The molecule has 0 aromatic heterocycles. The molecule has 0 aliphatic rings. The van der Waals surface area contributed by atoms with Crippen molar-refractivity contribution in [1.29, 1.82) is 5.26 Å². The molecule has 6 heteroatoms. The fourth-order valence-corrected chi connectivity index (χ4v) is 1.89. The molecule has 0 spiro atoms. The molecule has 2 aromatic rings. The van der Waals surface area contributed by atoms with Gasteiger partial charge in [0.1, 0.15) is 23.4 Å². The minimum Gasteiger partial charge on any atom is -0.456 e. The second kappa shape index (κ2) is 7.18. The second-order valence-electron chi connectivity index (χ2n) is 4.62. The van der Waals surface area contributed by atoms with Gasteiger partial charge in [-0.25, -0.2) is 4.39 Å². The summed E-state index contributed by atoms with van der Waals surface area (Å²) in [5.74, 6) is 0.355. The van der Waals surface area contributed by atoms with E-state index in [9.17, 15) is 9.30 Å². The Morgan fingerprint density at radius 2 is 2.00 bits per heavy atom. The molecule has 22 heavy (non-hydrogen) atoms. The van der Waals surface area contributed by atoms with Gasteiger partial charge in [0.2, 0.25) is 0 Å². The Morgan fingerprint density at radius 1 is 1.27 bits per heavy atom. The highest BCUT2D eigenvalue weighted by Gasteiger charge is 2.07. The lowest BCUT2D eigenvalue weighted by Gasteiger charge is -2.17. The van der Waals surface area contributed by atoms with Crippen LogP contribution in [0.3, 0.4) is 0 Å². The van der Waals surface area contributed by atoms with E-state index in [0.717, 1.165) is 11.8 Å². The predicted molar refractivity (Wildman–Crippen MR) is 81.6 cm³/mol. The van der Waals surface area contributed by atoms with E-state index in [2.05, 4.69) is 5.18 Å². The maximum atomic E-state index is 13.1. The van der Waals surface area contributed by atoms with E-state index in [1.54, 1.807) is 12.1 Å². The summed E-state index contributed by atoms with van der Waals surface area (Å²) in [6, 6.07) is 12.8. The summed E-state index contributed by atoms with van der Waals surface area (Å²) in [5, 5.41) is 11.8. The van der Waals surface area contributed by atoms with Crippen LogP contribution in [0.5, 0.6) is 11.5 Å². The van der Waals surface area contributed by atoms with E-state index in [0.29, 0.717) is 18.0 Å². The molecule has 0 radical (unpaired) electrons. The minimum absolute atomic E-state index is 0.137. The number of likely N-dealkylation sites (N-methyl/N-ethyl adjacent to an activating group) is 1. The lowest BCUT2D eigenvalue weighted by Crippen LogP contribution is -2.20. The molecule has 0 unspecified atom stereocenters. The second-order valence-corrected chi connectivity index (χ2v) is 4.62. The first-order valence-corrected chi connectivity index (χ1v) is 6.62. The van der Waals surface area contributed by atoms with E-state index in [1.807, 2.05) is 30.1 Å². The summed E-state index contributed by atoms with van der Waals surface area (Å²) in [5.41, 5.74) is 1.05. The molecule has 0 amide bonds. The van der Waals surface area contributed by atoms with E-state index in [-0.39, 0.29) is 12.1 Å². The Kier molecular flexibility index (Phi) is 5.04. The van der Waals surface area contributed by atoms with Gasteiger partial charge in [-0.1, -0.05) is 5.18 Å². The van der Waals surface area contributed by atoms with Crippen LogP contribution in [-0.2, 0) is 0 Å². The Morgan fingerprint density at radius 3 is 2.64 bits per heavy atom. The monoisotopic (exact) mass is 299 g/mol. The third-order valence-electron chi connectivity index (χ3n) is 3.09. The molecule has 0 aliphatic heterocycles. The van der Waals surface area contributed by atoms with Gasteiger partial charge in [0.25, 0.3) is 0 Å². The smallest absolute Gasteiger partial charge is 0.145 e. The van der Waals surface area contributed by atoms with Crippen LogP contribution in [0.25, 0.3) is 0 Å². The topological polar surface area (TPSA) is 65.7 Å². The van der Waals surface area contributed by atoms with Crippen LogP contribution in [0.2, 0.25) is 0 Å². The molecule has 0 atom stereocenters. The molecule has 0 heterocycles. The molecule has 0 N–H and O–H groups in total. The van der Waals surface area contributed by atoms with E-state index in [1.165, 1.54) is 12.1 Å². The number of nitriles is 1. The summed E-state index contributed by atoms with van der Waals surface area (Å²) >= 11 is 0. The van der Waals surface area contributed by atoms with E-state index in [4.69, 9.17) is 10.00 Å². The Balaban J connectivity index is 2.12. The maximum absolute atomic E-state index is 13.1. The lowest BCUT2D eigenvalue weighted by molar-refractivity contribution is 0.479. The number of ether oxygens (including phenoxy) is 1. The molecule has 112 valence electrons. The van der Waals surface area contributed by atoms with Gasteiger partial charge in [0.15, 0.2) is 0 Å². The van der Waals surface area contributed by atoms with Gasteiger partial charge in [-0.15, -0.1) is 0 Å². The number of nitrogens with zero attached hydrogens (tertiary/aromatic N) is 3. The standard InChI is InChI=1S/C16H14FN3O2/c1-20(9-8-19-21)14-3-5-15(6-4-14)22-16-7-2-13(17)10-12(16)11-18/h2-7,10H,8-9H2,1H3. The van der Waals surface area contributed by atoms with Crippen molar-refractivity contribution in [3.63, 3.8) is 0 Å². The summed E-state index contributed by atoms with van der Waals surface area (Å²) < 4.78 is 18.7. The van der Waals surface area contributed by atoms with E-state index < -0.39 is 5.82 Å². The molecule has 5 nitrogen and oxygen atoms in total. The van der Waals surface area contributed by atoms with Crippen LogP contribution in [0.4, 0.5) is 10.1 Å². The average Bonchev–Trinajstić information content (AvgIpc) is 2.54. The molecule has 0 saturated heterocycles. The van der Waals surface area contributed by atoms with Gasteiger partial charge in [-0.05, 0) is 42.5 Å². The van der Waals surface area contributed by atoms with Crippen molar-refractivity contribution < 1.29 is 9.13 Å². The number of nitroso groups, excluding NO2 is 1. The number of hydrogen-bond donors (Lipinski definition) is 0. The minimum atomic E-state index is -0.482. The third kappa shape index (κ3) is 3.79. The van der Waals surface area contributed by atoms with Crippen LogP contribution in [0.15, 0.2) is 47.6 Å². The lowest BCUT2D eigenvalue weighted by atomic mass is 10.2. The van der Waals surface area contributed by atoms with Crippen LogP contribution in [0, 0.1) is 22.1 Å². The van der Waals surface area contributed by atoms with Crippen LogP contribution in [-0.4, -0.2) is 20.1 Å². The molecular formula is C16H14FN3O2. The molecular weight excluding hydrogens is 285 g/mol. The average molecular weight is 299 g/mol. The molecule has 0 bridgehead atoms. The first-order chi connectivity index (χ1) is 10.6. The molecule has 2 rings (SSSR count). The first kappa shape index (κ1) is 15.4. The molecule has 0 aliphatic carbocycles. The van der Waals surface area contributed by atoms with Gasteiger partial charge in [-0.2, -0.15) is 10.2 Å². The van der Waals surface area contributed by atoms with Gasteiger partial charge >= 0.3 is 0 Å². The third-order valence-corrected chi connectivity index (χ3v) is 3.09. The van der Waals surface area contributed by atoms with E-state index >= 15 is 0 Å². The number of anilines is 1. The Labute approximate surface area is 127 Å². The molecule has 0 saturated carbocycles. The van der Waals surface area contributed by atoms with Crippen LogP contribution < -0.4 is 9.64 Å². The van der Waals surface area contributed by atoms with Crippen molar-refractivity contribution in [3.05, 3.63) is 58.8 Å². The van der Waals surface area contributed by atoms with Gasteiger partial charge in [-0.3, -0.25) is 0 Å². The molecule has 0 fully saturated rings. The highest BCUT2D eigenvalue weighted by Crippen LogP contribution is 2.27. The zero-order valence-corrected chi connectivity index (χ0v) is 12.0. The van der Waals surface area contributed by atoms with Crippen molar-refractivity contribution >= 4 is 5.69 Å². The van der Waals surface area contributed by atoms with Gasteiger partial charge in [0, 0.05) is 19.3 Å². The summed E-state index contributed by atoms with van der Waals surface area (Å²) in [7, 11) is 1.86. The van der Waals surface area contributed by atoms with Crippen molar-refractivity contribution in [3.8, 4) is 17.6 Å². The van der Waals surface area contributed by atoms with Gasteiger partial charge in [0.05, 0.1) is 12.1 Å². The number of halogens is 1. The molecule has 2 aromatic carbocycles. The van der Waals surface area contributed by atoms with Crippen molar-refractivity contribution in [1.82, 2.24) is 0 Å². The SMILES string of the molecule is CN(CCN=O)c1ccc(Oc2ccc(F)cc2C#N)cc1. The zero-order valence-electron chi connectivity index (χ0n) is 12.0. The number of hydrogen-bond acceptors (Lipinski definition) is 5. The van der Waals surface area contributed by atoms with Crippen LogP contribution >= 0.6 is 0 Å². The Bertz CT molecular complexity index is 696. The predicted octanol–water partition coefficient (Wildman–Crippen LogP) is 3.69. The quantitative estimate of drug-likeness (QED) is 0.763. The Hall–Kier alpha value is -2.94. The zero-order chi connectivity index (χ0) is 15.9. The highest BCUT2D eigenvalue weighted by molar-refractivity contribution is 5.50. The van der Waals surface area contributed by atoms with Gasteiger partial charge < -0.3 is 9.64 Å². The number of rotatable bonds is 6. The summed E-state index contributed by atoms with van der Waals surface area (Å²) in [4.78, 5) is 12.0. The summed E-state index contributed by atoms with van der Waals surface area (Å²) in [6.45, 7) is 0.746. The largest absolute Gasteiger partial charge is 0.456 e. The van der Waals surface area contributed by atoms with Crippen molar-refractivity contribution in [2.24, 2.45) is 5.18 Å². The van der Waals surface area contributed by atoms with Crippen LogP contribution in [0.1, 0.15) is 5.56 Å². The van der Waals surface area contributed by atoms with Crippen molar-refractivity contribution in [2.75, 3.05) is 25.0 Å². The van der Waals surface area contributed by atoms with Crippen molar-refractivity contribution in [2.45, 2.75) is 0 Å². The maximum Gasteiger partial charge on any atom is 0.145 e. The highest BCUT2D eigenvalue weighted by atomic mass is 19.1. The first-order valence-electron chi connectivity index (χ1n) is 6.62. The fraction of sp³-hybridized carbons (Fsp3) is 0.188. The fourth-order valence-electron chi connectivity index (χ4n) is 1.89.